The molecule has 31 heavy (non-hydrogen) atoms. The highest BCUT2D eigenvalue weighted by Gasteiger charge is 2.21. The van der Waals surface area contributed by atoms with Gasteiger partial charge in [-0.25, -0.2) is 0 Å². The van der Waals surface area contributed by atoms with E-state index in [-0.39, 0.29) is 5.91 Å². The van der Waals surface area contributed by atoms with Crippen LogP contribution in [0.4, 0.5) is 0 Å². The van der Waals surface area contributed by atoms with E-state index in [0.29, 0.717) is 19.7 Å². The first-order chi connectivity index (χ1) is 15.1. The molecule has 6 heteroatoms. The predicted octanol–water partition coefficient (Wildman–Crippen LogP) is 2.80. The average Bonchev–Trinajstić information content (AvgIpc) is 3.24. The molecule has 0 saturated carbocycles. The van der Waals surface area contributed by atoms with E-state index >= 15 is 0 Å². The predicted molar refractivity (Wildman–Crippen MR) is 121 cm³/mol. The molecule has 2 aromatic rings. The SMILES string of the molecule is CCOc1ccc(CN(C)C(=O)CN2CCN(Cc3ccc4c(c3)CCO4)CC2)cc1. The molecule has 0 bridgehead atoms. The fourth-order valence-corrected chi connectivity index (χ4v) is 4.23. The van der Waals surface area contributed by atoms with E-state index < -0.39 is 0 Å². The lowest BCUT2D eigenvalue weighted by Crippen LogP contribution is -2.49. The van der Waals surface area contributed by atoms with E-state index in [1.807, 2.05) is 43.1 Å². The van der Waals surface area contributed by atoms with Gasteiger partial charge in [0.1, 0.15) is 11.5 Å². The van der Waals surface area contributed by atoms with Gasteiger partial charge in [-0.3, -0.25) is 14.6 Å². The number of carbonyl (C=O) groups is 1. The molecule has 0 aromatic heterocycles. The number of carbonyl (C=O) groups excluding carboxylic acids is 1. The van der Waals surface area contributed by atoms with Crippen LogP contribution in [0, 0.1) is 0 Å². The number of nitrogens with zero attached hydrogens (tertiary/aromatic N) is 3. The monoisotopic (exact) mass is 423 g/mol. The van der Waals surface area contributed by atoms with Crippen LogP contribution in [0.2, 0.25) is 0 Å². The number of piperazine rings is 1. The molecule has 4 rings (SSSR count). The molecule has 0 spiro atoms. The smallest absolute Gasteiger partial charge is 0.236 e. The van der Waals surface area contributed by atoms with Gasteiger partial charge < -0.3 is 14.4 Å². The van der Waals surface area contributed by atoms with E-state index in [9.17, 15) is 4.79 Å². The van der Waals surface area contributed by atoms with Gasteiger partial charge >= 0.3 is 0 Å². The van der Waals surface area contributed by atoms with Crippen molar-refractivity contribution in [3.05, 3.63) is 59.2 Å². The zero-order valence-corrected chi connectivity index (χ0v) is 18.7. The Bertz CT molecular complexity index is 876. The third-order valence-electron chi connectivity index (χ3n) is 6.06. The van der Waals surface area contributed by atoms with Gasteiger partial charge in [-0.1, -0.05) is 24.3 Å². The summed E-state index contributed by atoms with van der Waals surface area (Å²) < 4.78 is 11.1. The summed E-state index contributed by atoms with van der Waals surface area (Å²) in [7, 11) is 1.88. The standard InChI is InChI=1S/C25H33N3O3/c1-3-30-23-7-4-20(5-8-23)17-26(2)25(29)19-28-13-11-27(12-14-28)18-21-6-9-24-22(16-21)10-15-31-24/h4-9,16H,3,10-15,17-19H2,1-2H3. The Morgan fingerprint density at radius 2 is 1.74 bits per heavy atom. The number of rotatable bonds is 8. The van der Waals surface area contributed by atoms with Gasteiger partial charge in [-0.05, 0) is 41.8 Å². The van der Waals surface area contributed by atoms with E-state index in [2.05, 4.69) is 28.0 Å². The van der Waals surface area contributed by atoms with Crippen molar-refractivity contribution in [2.45, 2.75) is 26.4 Å². The molecule has 1 fully saturated rings. The molecule has 0 unspecified atom stereocenters. The summed E-state index contributed by atoms with van der Waals surface area (Å²) in [4.78, 5) is 19.3. The van der Waals surface area contributed by atoms with Gasteiger partial charge in [-0.2, -0.15) is 0 Å². The topological polar surface area (TPSA) is 45.2 Å². The summed E-state index contributed by atoms with van der Waals surface area (Å²) in [5.74, 6) is 2.08. The molecule has 2 aromatic carbocycles. The minimum absolute atomic E-state index is 0.168. The Balaban J connectivity index is 1.20. The third kappa shape index (κ3) is 5.77. The number of ether oxygens (including phenoxy) is 2. The van der Waals surface area contributed by atoms with Crippen LogP contribution in [0.15, 0.2) is 42.5 Å². The van der Waals surface area contributed by atoms with Crippen molar-refractivity contribution in [1.82, 2.24) is 14.7 Å². The molecule has 6 nitrogen and oxygen atoms in total. The van der Waals surface area contributed by atoms with Gasteiger partial charge in [0.05, 0.1) is 19.8 Å². The van der Waals surface area contributed by atoms with E-state index in [1.165, 1.54) is 11.1 Å². The first kappa shape index (κ1) is 21.7. The zero-order chi connectivity index (χ0) is 21.6. The Hall–Kier alpha value is -2.57. The Kier molecular flexibility index (Phi) is 7.10. The molecule has 2 aliphatic heterocycles. The van der Waals surface area contributed by atoms with Crippen LogP contribution >= 0.6 is 0 Å². The lowest BCUT2D eigenvalue weighted by molar-refractivity contribution is -0.132. The van der Waals surface area contributed by atoms with E-state index in [4.69, 9.17) is 9.47 Å². The van der Waals surface area contributed by atoms with Crippen LogP contribution in [-0.4, -0.2) is 73.6 Å². The molecular weight excluding hydrogens is 390 g/mol. The van der Waals surface area contributed by atoms with Crippen LogP contribution in [0.5, 0.6) is 11.5 Å². The van der Waals surface area contributed by atoms with Crippen LogP contribution in [0.3, 0.4) is 0 Å². The van der Waals surface area contributed by atoms with Crippen molar-refractivity contribution in [2.75, 3.05) is 53.0 Å². The summed E-state index contributed by atoms with van der Waals surface area (Å²) in [6, 6.07) is 14.5. The molecule has 0 atom stereocenters. The largest absolute Gasteiger partial charge is 0.494 e. The lowest BCUT2D eigenvalue weighted by atomic mass is 10.1. The number of hydrogen-bond donors (Lipinski definition) is 0. The van der Waals surface area contributed by atoms with Crippen molar-refractivity contribution in [1.29, 1.82) is 0 Å². The normalized spacial score (nSPS) is 16.6. The van der Waals surface area contributed by atoms with Crippen molar-refractivity contribution in [2.24, 2.45) is 0 Å². The van der Waals surface area contributed by atoms with Crippen LogP contribution in [0.25, 0.3) is 0 Å². The number of benzene rings is 2. The molecular formula is C25H33N3O3. The third-order valence-corrected chi connectivity index (χ3v) is 6.06. The minimum Gasteiger partial charge on any atom is -0.494 e. The quantitative estimate of drug-likeness (QED) is 0.653. The first-order valence-electron chi connectivity index (χ1n) is 11.3. The van der Waals surface area contributed by atoms with Gasteiger partial charge in [-0.15, -0.1) is 0 Å². The van der Waals surface area contributed by atoms with Crippen molar-refractivity contribution >= 4 is 5.91 Å². The number of likely N-dealkylation sites (N-methyl/N-ethyl adjacent to an activating group) is 1. The fourth-order valence-electron chi connectivity index (χ4n) is 4.23. The Labute approximate surface area is 185 Å². The molecule has 0 aliphatic carbocycles. The zero-order valence-electron chi connectivity index (χ0n) is 18.7. The molecule has 0 radical (unpaired) electrons. The van der Waals surface area contributed by atoms with Crippen LogP contribution in [-0.2, 0) is 24.3 Å². The second-order valence-electron chi connectivity index (χ2n) is 8.42. The second-order valence-corrected chi connectivity index (χ2v) is 8.42. The molecule has 2 aliphatic rings. The molecule has 1 saturated heterocycles. The summed E-state index contributed by atoms with van der Waals surface area (Å²) in [6.07, 6.45) is 1.02. The van der Waals surface area contributed by atoms with E-state index in [1.54, 1.807) is 0 Å². The van der Waals surface area contributed by atoms with E-state index in [0.717, 1.165) is 62.8 Å². The van der Waals surface area contributed by atoms with Gasteiger partial charge in [0.2, 0.25) is 5.91 Å². The Morgan fingerprint density at radius 1 is 1.03 bits per heavy atom. The van der Waals surface area contributed by atoms with Crippen molar-refractivity contribution in [3.8, 4) is 11.5 Å². The second kappa shape index (κ2) is 10.2. The molecule has 1 amide bonds. The van der Waals surface area contributed by atoms with Crippen molar-refractivity contribution < 1.29 is 14.3 Å². The minimum atomic E-state index is 0.168. The summed E-state index contributed by atoms with van der Waals surface area (Å²) in [5.41, 5.74) is 3.80. The number of fused-ring (bicyclic) bond motifs is 1. The molecule has 2 heterocycles. The Morgan fingerprint density at radius 3 is 2.48 bits per heavy atom. The average molecular weight is 424 g/mol. The van der Waals surface area contributed by atoms with Crippen LogP contribution < -0.4 is 9.47 Å². The van der Waals surface area contributed by atoms with Crippen molar-refractivity contribution in [3.63, 3.8) is 0 Å². The van der Waals surface area contributed by atoms with Crippen LogP contribution in [0.1, 0.15) is 23.6 Å². The number of hydrogen-bond acceptors (Lipinski definition) is 5. The van der Waals surface area contributed by atoms with Gasteiger partial charge in [0, 0.05) is 52.7 Å². The highest BCUT2D eigenvalue weighted by Crippen LogP contribution is 2.26. The highest BCUT2D eigenvalue weighted by molar-refractivity contribution is 5.78. The lowest BCUT2D eigenvalue weighted by Gasteiger charge is -2.35. The van der Waals surface area contributed by atoms with Gasteiger partial charge in [0.25, 0.3) is 0 Å². The van der Waals surface area contributed by atoms with Gasteiger partial charge in [0.15, 0.2) is 0 Å². The maximum Gasteiger partial charge on any atom is 0.236 e. The number of amides is 1. The first-order valence-corrected chi connectivity index (χ1v) is 11.3. The fraction of sp³-hybridized carbons (Fsp3) is 0.480. The highest BCUT2D eigenvalue weighted by atomic mass is 16.5. The summed E-state index contributed by atoms with van der Waals surface area (Å²) in [5, 5.41) is 0. The molecule has 166 valence electrons. The summed E-state index contributed by atoms with van der Waals surface area (Å²) in [6.45, 7) is 9.34. The summed E-state index contributed by atoms with van der Waals surface area (Å²) >= 11 is 0. The maximum absolute atomic E-state index is 12.7. The maximum atomic E-state index is 12.7. The molecule has 0 N–H and O–H groups in total.